The highest BCUT2D eigenvalue weighted by Crippen LogP contribution is 2.44. The predicted octanol–water partition coefficient (Wildman–Crippen LogP) is 4.15. The van der Waals surface area contributed by atoms with E-state index in [1.807, 2.05) is 0 Å². The van der Waals surface area contributed by atoms with Gasteiger partial charge in [-0.2, -0.15) is 0 Å². The van der Waals surface area contributed by atoms with Crippen molar-refractivity contribution in [3.63, 3.8) is 0 Å². The van der Waals surface area contributed by atoms with Crippen molar-refractivity contribution in [2.75, 3.05) is 22.9 Å². The van der Waals surface area contributed by atoms with Gasteiger partial charge in [-0.3, -0.25) is 19.7 Å². The minimum absolute atomic E-state index is 0.0274. The minimum atomic E-state index is -0.394. The Hall–Kier alpha value is -2.44. The Balaban J connectivity index is 1.66. The van der Waals surface area contributed by atoms with Crippen molar-refractivity contribution in [1.29, 1.82) is 0 Å². The van der Waals surface area contributed by atoms with Gasteiger partial charge in [-0.25, -0.2) is 4.90 Å². The maximum absolute atomic E-state index is 13.0. The van der Waals surface area contributed by atoms with E-state index in [-0.39, 0.29) is 29.3 Å². The van der Waals surface area contributed by atoms with Gasteiger partial charge in [0.25, 0.3) is 5.69 Å². The van der Waals surface area contributed by atoms with Gasteiger partial charge in [-0.1, -0.05) is 13.8 Å². The molecule has 1 saturated heterocycles. The summed E-state index contributed by atoms with van der Waals surface area (Å²) in [5.41, 5.74) is 0.887. The second kappa shape index (κ2) is 7.76. The molecule has 2 amide bonds. The van der Waals surface area contributed by atoms with Crippen molar-refractivity contribution >= 4 is 28.9 Å². The topological polar surface area (TPSA) is 83.8 Å². The van der Waals surface area contributed by atoms with Crippen LogP contribution in [0, 0.1) is 33.8 Å². The summed E-state index contributed by atoms with van der Waals surface area (Å²) in [6.45, 7) is 5.74. The largest absolute Gasteiger partial charge is 0.366 e. The van der Waals surface area contributed by atoms with Gasteiger partial charge < -0.3 is 4.90 Å². The van der Waals surface area contributed by atoms with E-state index < -0.39 is 4.92 Å². The van der Waals surface area contributed by atoms with Gasteiger partial charge in [0.05, 0.1) is 22.4 Å². The molecule has 0 radical (unpaired) electrons. The summed E-state index contributed by atoms with van der Waals surface area (Å²) in [5.74, 6) is 0.0806. The normalized spacial score (nSPS) is 26.6. The van der Waals surface area contributed by atoms with Gasteiger partial charge in [0, 0.05) is 19.2 Å². The first kappa shape index (κ1) is 19.9. The Labute approximate surface area is 171 Å². The summed E-state index contributed by atoms with van der Waals surface area (Å²) in [7, 11) is 0. The van der Waals surface area contributed by atoms with Crippen LogP contribution in [0.2, 0.25) is 0 Å². The van der Waals surface area contributed by atoms with Crippen molar-refractivity contribution in [2.45, 2.75) is 52.4 Å². The molecule has 0 spiro atoms. The standard InChI is InChI=1S/C22H29N3O4/c1-3-10-23(13-15-5-6-15)19-9-7-16(12-20(19)25(28)29)24-21(26)17-8-4-14(2)11-18(17)22(24)27/h7,9,12,14-15,17-18H,3-6,8,10-11,13H2,1-2H3/t14-,17-,18+/m1/s1. The lowest BCUT2D eigenvalue weighted by Gasteiger charge is -2.25. The van der Waals surface area contributed by atoms with Crippen LogP contribution in [0.4, 0.5) is 17.1 Å². The lowest BCUT2D eigenvalue weighted by atomic mass is 9.76. The Morgan fingerprint density at radius 1 is 1.14 bits per heavy atom. The number of imide groups is 1. The van der Waals surface area contributed by atoms with Gasteiger partial charge in [0.2, 0.25) is 11.8 Å². The summed E-state index contributed by atoms with van der Waals surface area (Å²) in [4.78, 5) is 40.6. The SMILES string of the molecule is CCCN(CC1CC1)c1ccc(N2C(=O)[C@H]3C[C@H](C)CC[C@H]3C2=O)cc1[N+](=O)[O-]. The van der Waals surface area contributed by atoms with Gasteiger partial charge >= 0.3 is 0 Å². The third kappa shape index (κ3) is 3.74. The van der Waals surface area contributed by atoms with E-state index in [0.717, 1.165) is 38.8 Å². The number of hydrogen-bond donors (Lipinski definition) is 0. The van der Waals surface area contributed by atoms with Crippen LogP contribution >= 0.6 is 0 Å². The van der Waals surface area contributed by atoms with E-state index >= 15 is 0 Å². The molecule has 3 atom stereocenters. The fourth-order valence-electron chi connectivity index (χ4n) is 4.90. The van der Waals surface area contributed by atoms with Crippen LogP contribution in [0.1, 0.15) is 52.4 Å². The molecule has 156 valence electrons. The van der Waals surface area contributed by atoms with Crippen LogP contribution in [0.5, 0.6) is 0 Å². The molecule has 2 saturated carbocycles. The van der Waals surface area contributed by atoms with Crippen LogP contribution in [0.3, 0.4) is 0 Å². The smallest absolute Gasteiger partial charge is 0.294 e. The van der Waals surface area contributed by atoms with E-state index in [1.54, 1.807) is 12.1 Å². The van der Waals surface area contributed by atoms with Crippen LogP contribution in [-0.2, 0) is 9.59 Å². The quantitative estimate of drug-likeness (QED) is 0.391. The molecule has 2 aliphatic carbocycles. The molecule has 3 aliphatic rings. The Kier molecular flexibility index (Phi) is 5.32. The fourth-order valence-corrected chi connectivity index (χ4v) is 4.90. The molecule has 1 heterocycles. The first-order chi connectivity index (χ1) is 13.9. The van der Waals surface area contributed by atoms with Gasteiger partial charge in [-0.05, 0) is 62.5 Å². The highest BCUT2D eigenvalue weighted by molar-refractivity contribution is 6.22. The predicted molar refractivity (Wildman–Crippen MR) is 111 cm³/mol. The van der Waals surface area contributed by atoms with Crippen molar-refractivity contribution in [3.05, 3.63) is 28.3 Å². The van der Waals surface area contributed by atoms with Crippen molar-refractivity contribution in [2.24, 2.45) is 23.7 Å². The van der Waals surface area contributed by atoms with E-state index in [1.165, 1.54) is 23.8 Å². The van der Waals surface area contributed by atoms with Crippen LogP contribution in [0.15, 0.2) is 18.2 Å². The lowest BCUT2D eigenvalue weighted by Crippen LogP contribution is -2.31. The van der Waals surface area contributed by atoms with Crippen LogP contribution in [0.25, 0.3) is 0 Å². The summed E-state index contributed by atoms with van der Waals surface area (Å²) < 4.78 is 0. The van der Waals surface area contributed by atoms with Crippen LogP contribution in [-0.4, -0.2) is 29.8 Å². The molecule has 1 aromatic rings. The lowest BCUT2D eigenvalue weighted by molar-refractivity contribution is -0.384. The molecule has 0 N–H and O–H groups in total. The number of amides is 2. The maximum Gasteiger partial charge on any atom is 0.294 e. The molecule has 1 aromatic carbocycles. The second-order valence-corrected chi connectivity index (χ2v) is 8.96. The molecule has 3 fully saturated rings. The van der Waals surface area contributed by atoms with E-state index in [2.05, 4.69) is 18.7 Å². The molecule has 7 nitrogen and oxygen atoms in total. The monoisotopic (exact) mass is 399 g/mol. The number of rotatable bonds is 7. The highest BCUT2D eigenvalue weighted by Gasteiger charge is 2.50. The average Bonchev–Trinajstić information content (AvgIpc) is 3.47. The third-order valence-corrected chi connectivity index (χ3v) is 6.61. The molecule has 1 aliphatic heterocycles. The number of hydrogen-bond acceptors (Lipinski definition) is 5. The fraction of sp³-hybridized carbons (Fsp3) is 0.636. The summed E-state index contributed by atoms with van der Waals surface area (Å²) in [6, 6.07) is 4.84. The Morgan fingerprint density at radius 2 is 1.86 bits per heavy atom. The number of fused-ring (bicyclic) bond motifs is 1. The molecule has 29 heavy (non-hydrogen) atoms. The van der Waals surface area contributed by atoms with Crippen molar-refractivity contribution in [1.82, 2.24) is 0 Å². The number of nitrogens with zero attached hydrogens (tertiary/aromatic N) is 3. The summed E-state index contributed by atoms with van der Waals surface area (Å²) in [5, 5.41) is 11.8. The third-order valence-electron chi connectivity index (χ3n) is 6.61. The van der Waals surface area contributed by atoms with Gasteiger partial charge in [-0.15, -0.1) is 0 Å². The van der Waals surface area contributed by atoms with Gasteiger partial charge in [0.15, 0.2) is 0 Å². The van der Waals surface area contributed by atoms with Crippen molar-refractivity contribution < 1.29 is 14.5 Å². The van der Waals surface area contributed by atoms with E-state index in [9.17, 15) is 19.7 Å². The second-order valence-electron chi connectivity index (χ2n) is 8.96. The number of benzene rings is 1. The number of carbonyl (C=O) groups is 2. The Morgan fingerprint density at radius 3 is 2.52 bits per heavy atom. The van der Waals surface area contributed by atoms with E-state index in [0.29, 0.717) is 23.2 Å². The summed E-state index contributed by atoms with van der Waals surface area (Å²) in [6.07, 6.45) is 5.63. The molecule has 4 rings (SSSR count). The summed E-state index contributed by atoms with van der Waals surface area (Å²) >= 11 is 0. The van der Waals surface area contributed by atoms with Crippen LogP contribution < -0.4 is 9.80 Å². The Bertz CT molecular complexity index is 835. The number of carbonyl (C=O) groups excluding carboxylic acids is 2. The molecule has 0 aromatic heterocycles. The highest BCUT2D eigenvalue weighted by atomic mass is 16.6. The number of nitro groups is 1. The van der Waals surface area contributed by atoms with Crippen molar-refractivity contribution in [3.8, 4) is 0 Å². The average molecular weight is 399 g/mol. The first-order valence-electron chi connectivity index (χ1n) is 10.8. The number of nitro benzene ring substituents is 1. The zero-order chi connectivity index (χ0) is 20.7. The molecule has 0 unspecified atom stereocenters. The molecular weight excluding hydrogens is 370 g/mol. The minimum Gasteiger partial charge on any atom is -0.366 e. The van der Waals surface area contributed by atoms with E-state index in [4.69, 9.17) is 0 Å². The first-order valence-corrected chi connectivity index (χ1v) is 10.8. The zero-order valence-electron chi connectivity index (χ0n) is 17.2. The zero-order valence-corrected chi connectivity index (χ0v) is 17.2. The molecule has 0 bridgehead atoms. The molecular formula is C22H29N3O4. The maximum atomic E-state index is 13.0. The molecule has 7 heteroatoms. The number of anilines is 2. The van der Waals surface area contributed by atoms with Gasteiger partial charge in [0.1, 0.15) is 5.69 Å².